The van der Waals surface area contributed by atoms with E-state index in [4.69, 9.17) is 21.1 Å². The fourth-order valence-corrected chi connectivity index (χ4v) is 2.44. The minimum absolute atomic E-state index is 0.203. The molecule has 2 aromatic rings. The molecule has 4 nitrogen and oxygen atoms in total. The number of carboxylic acids is 1. The SMILES string of the molecule is O=C(O)c1ccc(Cl)cc1-c1ccc2c(c1)OCCCO2. The van der Waals surface area contributed by atoms with E-state index >= 15 is 0 Å². The van der Waals surface area contributed by atoms with Crippen molar-refractivity contribution in [2.75, 3.05) is 13.2 Å². The van der Waals surface area contributed by atoms with Crippen molar-refractivity contribution in [1.29, 1.82) is 0 Å². The van der Waals surface area contributed by atoms with Crippen LogP contribution in [-0.2, 0) is 0 Å². The van der Waals surface area contributed by atoms with Gasteiger partial charge in [0.25, 0.3) is 0 Å². The highest BCUT2D eigenvalue weighted by molar-refractivity contribution is 6.31. The number of carbonyl (C=O) groups is 1. The summed E-state index contributed by atoms with van der Waals surface area (Å²) in [6, 6.07) is 10.1. The van der Waals surface area contributed by atoms with Crippen LogP contribution in [0.3, 0.4) is 0 Å². The Morgan fingerprint density at radius 1 is 1.05 bits per heavy atom. The van der Waals surface area contributed by atoms with Crippen LogP contribution < -0.4 is 9.47 Å². The van der Waals surface area contributed by atoms with Gasteiger partial charge in [0.1, 0.15) is 0 Å². The van der Waals surface area contributed by atoms with E-state index in [9.17, 15) is 9.90 Å². The third-order valence-corrected chi connectivity index (χ3v) is 3.51. The maximum atomic E-state index is 11.4. The molecule has 0 unspecified atom stereocenters. The summed E-state index contributed by atoms with van der Waals surface area (Å²) in [4.78, 5) is 11.4. The molecule has 21 heavy (non-hydrogen) atoms. The molecule has 0 aliphatic carbocycles. The van der Waals surface area contributed by atoms with Crippen molar-refractivity contribution in [3.8, 4) is 22.6 Å². The van der Waals surface area contributed by atoms with Crippen LogP contribution in [0.4, 0.5) is 0 Å². The van der Waals surface area contributed by atoms with Crippen LogP contribution in [0.1, 0.15) is 16.8 Å². The van der Waals surface area contributed by atoms with Crippen molar-refractivity contribution < 1.29 is 19.4 Å². The summed E-state index contributed by atoms with van der Waals surface area (Å²) in [5.74, 6) is 0.310. The number of hydrogen-bond donors (Lipinski definition) is 1. The Hall–Kier alpha value is -2.20. The monoisotopic (exact) mass is 304 g/mol. The van der Waals surface area contributed by atoms with Crippen LogP contribution >= 0.6 is 11.6 Å². The highest BCUT2D eigenvalue weighted by atomic mass is 35.5. The van der Waals surface area contributed by atoms with Crippen molar-refractivity contribution in [1.82, 2.24) is 0 Å². The average molecular weight is 305 g/mol. The Balaban J connectivity index is 2.10. The summed E-state index contributed by atoms with van der Waals surface area (Å²) in [7, 11) is 0. The summed E-state index contributed by atoms with van der Waals surface area (Å²) in [5.41, 5.74) is 1.50. The molecule has 0 spiro atoms. The maximum Gasteiger partial charge on any atom is 0.336 e. The lowest BCUT2D eigenvalue weighted by Gasteiger charge is -2.11. The van der Waals surface area contributed by atoms with Crippen molar-refractivity contribution in [3.05, 3.63) is 47.0 Å². The Kier molecular flexibility index (Phi) is 3.71. The largest absolute Gasteiger partial charge is 0.490 e. The smallest absolute Gasteiger partial charge is 0.336 e. The lowest BCUT2D eigenvalue weighted by atomic mass is 9.99. The Morgan fingerprint density at radius 3 is 2.57 bits per heavy atom. The predicted molar refractivity (Wildman–Crippen MR) is 79.5 cm³/mol. The number of carboxylic acid groups (broad SMARTS) is 1. The molecule has 3 rings (SSSR count). The number of hydrogen-bond acceptors (Lipinski definition) is 3. The Morgan fingerprint density at radius 2 is 1.81 bits per heavy atom. The molecule has 2 aromatic carbocycles. The van der Waals surface area contributed by atoms with E-state index in [0.717, 1.165) is 12.0 Å². The second-order valence-electron chi connectivity index (χ2n) is 4.71. The molecule has 0 radical (unpaired) electrons. The summed E-state index contributed by atoms with van der Waals surface area (Å²) in [6.07, 6.45) is 0.821. The van der Waals surface area contributed by atoms with Gasteiger partial charge in [0.2, 0.25) is 0 Å². The van der Waals surface area contributed by atoms with Crippen molar-refractivity contribution in [3.63, 3.8) is 0 Å². The fraction of sp³-hybridized carbons (Fsp3) is 0.188. The molecule has 1 aliphatic heterocycles. The van der Waals surface area contributed by atoms with Crippen LogP contribution in [0.2, 0.25) is 5.02 Å². The standard InChI is InChI=1S/C16H13ClO4/c17-11-3-4-12(16(18)19)13(9-11)10-2-5-14-15(8-10)21-7-1-6-20-14/h2-5,8-9H,1,6-7H2,(H,18,19). The fourth-order valence-electron chi connectivity index (χ4n) is 2.27. The predicted octanol–water partition coefficient (Wildman–Crippen LogP) is 3.87. The average Bonchev–Trinajstić information content (AvgIpc) is 2.71. The molecular weight excluding hydrogens is 292 g/mol. The second kappa shape index (κ2) is 5.66. The van der Waals surface area contributed by atoms with Crippen molar-refractivity contribution in [2.24, 2.45) is 0 Å². The number of ether oxygens (including phenoxy) is 2. The van der Waals surface area contributed by atoms with Crippen LogP contribution in [0.25, 0.3) is 11.1 Å². The van der Waals surface area contributed by atoms with Crippen molar-refractivity contribution >= 4 is 17.6 Å². The molecule has 0 bridgehead atoms. The van der Waals surface area contributed by atoms with Gasteiger partial charge in [0, 0.05) is 11.4 Å². The third kappa shape index (κ3) is 2.81. The highest BCUT2D eigenvalue weighted by Crippen LogP contribution is 2.36. The molecule has 0 saturated heterocycles. The second-order valence-corrected chi connectivity index (χ2v) is 5.14. The maximum absolute atomic E-state index is 11.4. The van der Waals surface area contributed by atoms with E-state index in [2.05, 4.69) is 0 Å². The summed E-state index contributed by atoms with van der Waals surface area (Å²) < 4.78 is 11.2. The molecule has 1 heterocycles. The van der Waals surface area contributed by atoms with Crippen LogP contribution in [-0.4, -0.2) is 24.3 Å². The molecule has 0 saturated carbocycles. The number of halogens is 1. The number of fused-ring (bicyclic) bond motifs is 1. The van der Waals surface area contributed by atoms with E-state index in [1.165, 1.54) is 6.07 Å². The lowest BCUT2D eigenvalue weighted by molar-refractivity contribution is 0.0697. The zero-order valence-corrected chi connectivity index (χ0v) is 11.9. The minimum Gasteiger partial charge on any atom is -0.490 e. The van der Waals surface area contributed by atoms with Gasteiger partial charge in [0.15, 0.2) is 11.5 Å². The first kappa shape index (κ1) is 13.8. The number of rotatable bonds is 2. The molecular formula is C16H13ClO4. The van der Waals surface area contributed by atoms with Crippen LogP contribution in [0.5, 0.6) is 11.5 Å². The normalized spacial score (nSPS) is 13.6. The number of aromatic carboxylic acids is 1. The van der Waals surface area contributed by atoms with E-state index < -0.39 is 5.97 Å². The van der Waals surface area contributed by atoms with Gasteiger partial charge in [0.05, 0.1) is 18.8 Å². The quantitative estimate of drug-likeness (QED) is 0.915. The summed E-state index contributed by atoms with van der Waals surface area (Å²) >= 11 is 5.99. The van der Waals surface area contributed by atoms with E-state index in [1.807, 2.05) is 6.07 Å². The van der Waals surface area contributed by atoms with E-state index in [-0.39, 0.29) is 5.56 Å². The lowest BCUT2D eigenvalue weighted by Crippen LogP contribution is -2.00. The van der Waals surface area contributed by atoms with Crippen LogP contribution in [0.15, 0.2) is 36.4 Å². The van der Waals surface area contributed by atoms with Gasteiger partial charge in [-0.1, -0.05) is 17.7 Å². The third-order valence-electron chi connectivity index (χ3n) is 3.27. The van der Waals surface area contributed by atoms with Gasteiger partial charge >= 0.3 is 5.97 Å². The van der Waals surface area contributed by atoms with E-state index in [0.29, 0.717) is 35.3 Å². The first-order valence-electron chi connectivity index (χ1n) is 6.58. The van der Waals surface area contributed by atoms with Gasteiger partial charge in [-0.25, -0.2) is 4.79 Å². The highest BCUT2D eigenvalue weighted by Gasteiger charge is 2.16. The molecule has 0 amide bonds. The summed E-state index contributed by atoms with van der Waals surface area (Å²) in [5, 5.41) is 9.79. The first-order chi connectivity index (χ1) is 10.1. The van der Waals surface area contributed by atoms with Gasteiger partial charge < -0.3 is 14.6 Å². The van der Waals surface area contributed by atoms with Gasteiger partial charge in [-0.3, -0.25) is 0 Å². The topological polar surface area (TPSA) is 55.8 Å². The van der Waals surface area contributed by atoms with Gasteiger partial charge in [-0.2, -0.15) is 0 Å². The zero-order valence-electron chi connectivity index (χ0n) is 11.1. The molecule has 0 fully saturated rings. The van der Waals surface area contributed by atoms with Crippen molar-refractivity contribution in [2.45, 2.75) is 6.42 Å². The van der Waals surface area contributed by atoms with Gasteiger partial charge in [-0.15, -0.1) is 0 Å². The Bertz CT molecular complexity index is 697. The molecule has 0 aromatic heterocycles. The first-order valence-corrected chi connectivity index (χ1v) is 6.96. The Labute approximate surface area is 126 Å². The minimum atomic E-state index is -0.992. The molecule has 1 N–H and O–H groups in total. The summed E-state index contributed by atoms with van der Waals surface area (Å²) in [6.45, 7) is 1.20. The molecule has 0 atom stereocenters. The van der Waals surface area contributed by atoms with Crippen LogP contribution in [0, 0.1) is 0 Å². The molecule has 108 valence electrons. The molecule has 5 heteroatoms. The molecule has 1 aliphatic rings. The number of benzene rings is 2. The zero-order chi connectivity index (χ0) is 14.8. The van der Waals surface area contributed by atoms with Gasteiger partial charge in [-0.05, 0) is 41.5 Å². The van der Waals surface area contributed by atoms with E-state index in [1.54, 1.807) is 24.3 Å².